The summed E-state index contributed by atoms with van der Waals surface area (Å²) in [5, 5.41) is 0. The molecule has 16 heteroatoms. The first-order valence-electron chi connectivity index (χ1n) is 11.0. The van der Waals surface area contributed by atoms with E-state index in [1.807, 2.05) is 0 Å². The van der Waals surface area contributed by atoms with Gasteiger partial charge in [-0.25, -0.2) is 17.5 Å². The first kappa shape index (κ1) is 32.7. The van der Waals surface area contributed by atoms with Gasteiger partial charge < -0.3 is 10.6 Å². The molecule has 0 aliphatic rings. The first-order valence-corrected chi connectivity index (χ1v) is 13.7. The van der Waals surface area contributed by atoms with Crippen molar-refractivity contribution >= 4 is 50.1 Å². The van der Waals surface area contributed by atoms with Crippen molar-refractivity contribution < 1.29 is 48.7 Å². The van der Waals surface area contributed by atoms with Crippen LogP contribution in [0.5, 0.6) is 0 Å². The van der Waals surface area contributed by atoms with E-state index in [9.17, 15) is 48.7 Å². The maximum absolute atomic E-state index is 14.7. The van der Waals surface area contributed by atoms with E-state index in [0.717, 1.165) is 11.8 Å². The molecule has 2 aromatic carbocycles. The zero-order valence-corrected chi connectivity index (χ0v) is 23.5. The Morgan fingerprint density at radius 2 is 1.62 bits per heavy atom. The molecular weight excluding hydrogens is 674 g/mol. The average molecular weight is 697 g/mol. The number of rotatable bonds is 9. The van der Waals surface area contributed by atoms with E-state index in [2.05, 4.69) is 4.72 Å². The number of sulfonamides is 1. The monoisotopic (exact) mass is 697 g/mol. The second-order valence-electron chi connectivity index (χ2n) is 8.49. The predicted octanol–water partition coefficient (Wildman–Crippen LogP) is 4.96. The highest BCUT2D eigenvalue weighted by molar-refractivity contribution is 14.1. The number of hydrogen-bond donors (Lipinski definition) is 2. The number of anilines is 1. The molecule has 0 saturated carbocycles. The molecule has 0 aliphatic heterocycles. The molecule has 0 spiro atoms. The Labute approximate surface area is 233 Å². The Morgan fingerprint density at radius 1 is 1.05 bits per heavy atom. The Balaban J connectivity index is 2.80. The first-order chi connectivity index (χ1) is 17.7. The fourth-order valence-electron chi connectivity index (χ4n) is 3.93. The maximum atomic E-state index is 14.7. The molecule has 1 atom stereocenters. The number of amides is 2. The zero-order valence-electron chi connectivity index (χ0n) is 20.5. The number of hydrogen-bond acceptors (Lipinski definition) is 4. The van der Waals surface area contributed by atoms with Gasteiger partial charge in [0.15, 0.2) is 0 Å². The molecule has 7 nitrogen and oxygen atoms in total. The Hall–Kier alpha value is -2.47. The third kappa shape index (κ3) is 6.65. The molecule has 39 heavy (non-hydrogen) atoms. The van der Waals surface area contributed by atoms with Crippen molar-refractivity contribution in [3.8, 4) is 0 Å². The minimum atomic E-state index is -6.36. The summed E-state index contributed by atoms with van der Waals surface area (Å²) in [4.78, 5) is 26.6. The topological polar surface area (TPSA) is 110 Å². The Morgan fingerprint density at radius 3 is 2.08 bits per heavy atom. The van der Waals surface area contributed by atoms with Gasteiger partial charge in [0.1, 0.15) is 0 Å². The summed E-state index contributed by atoms with van der Waals surface area (Å²) in [5.74, 6) is -2.77. The van der Waals surface area contributed by atoms with Crippen molar-refractivity contribution in [3.63, 3.8) is 0 Å². The van der Waals surface area contributed by atoms with E-state index in [1.54, 1.807) is 22.6 Å². The second kappa shape index (κ2) is 11.6. The van der Waals surface area contributed by atoms with Crippen LogP contribution in [0.3, 0.4) is 0 Å². The number of nitrogens with zero attached hydrogens (tertiary/aromatic N) is 1. The van der Waals surface area contributed by atoms with Crippen molar-refractivity contribution in [3.05, 3.63) is 62.2 Å². The fourth-order valence-corrected chi connectivity index (χ4v) is 6.03. The molecule has 0 saturated heterocycles. The minimum Gasteiger partial charge on any atom is -0.366 e. The van der Waals surface area contributed by atoms with Crippen LogP contribution in [0.1, 0.15) is 45.7 Å². The number of primary amides is 1. The normalized spacial score (nSPS) is 13.7. The smallest absolute Gasteiger partial charge is 0.366 e. The largest absolute Gasteiger partial charge is 0.435 e. The van der Waals surface area contributed by atoms with Crippen molar-refractivity contribution in [1.82, 2.24) is 4.72 Å². The number of benzene rings is 2. The van der Waals surface area contributed by atoms with Gasteiger partial charge in [-0.2, -0.15) is 26.3 Å². The number of nitrogens with one attached hydrogen (secondary N) is 1. The average Bonchev–Trinajstić information content (AvgIpc) is 2.77. The highest BCUT2D eigenvalue weighted by atomic mass is 127. The quantitative estimate of drug-likeness (QED) is 0.285. The molecule has 1 unspecified atom stereocenters. The standard InChI is InChI=1S/C23H23F7IN3O4S/c1-4-33-39(37,38)11-13(3)34(20(36)15-6-5-7-16(31)18(15)19(32)35)17-9-8-14(10-12(17)2)21(24,22(25,26)27)23(28,29)30/h5-10,13,33H,4,11H2,1-3H3,(H2,32,35). The molecule has 0 fully saturated rings. The molecule has 0 aliphatic carbocycles. The zero-order chi connectivity index (χ0) is 30.1. The SMILES string of the molecule is CCNS(=O)(=O)CC(C)N(C(=O)c1cccc(I)c1C(N)=O)c1ccc(C(F)(C(F)(F)F)C(F)(F)F)cc1C. The molecule has 0 radical (unpaired) electrons. The predicted molar refractivity (Wildman–Crippen MR) is 137 cm³/mol. The van der Waals surface area contributed by atoms with Crippen LogP contribution < -0.4 is 15.4 Å². The van der Waals surface area contributed by atoms with Crippen LogP contribution in [0.25, 0.3) is 0 Å². The van der Waals surface area contributed by atoms with Crippen LogP contribution in [0.15, 0.2) is 36.4 Å². The van der Waals surface area contributed by atoms with Crippen molar-refractivity contribution in [1.29, 1.82) is 0 Å². The highest BCUT2D eigenvalue weighted by Crippen LogP contribution is 2.53. The van der Waals surface area contributed by atoms with Gasteiger partial charge in [0, 0.05) is 27.4 Å². The Bertz CT molecular complexity index is 1350. The lowest BCUT2D eigenvalue weighted by Gasteiger charge is -2.33. The maximum Gasteiger partial charge on any atom is 0.435 e. The van der Waals surface area contributed by atoms with Gasteiger partial charge in [-0.15, -0.1) is 0 Å². The highest BCUT2D eigenvalue weighted by Gasteiger charge is 2.73. The molecular formula is C23H23F7IN3O4S. The van der Waals surface area contributed by atoms with Gasteiger partial charge >= 0.3 is 18.0 Å². The van der Waals surface area contributed by atoms with Crippen molar-refractivity contribution in [2.75, 3.05) is 17.2 Å². The number of carbonyl (C=O) groups excluding carboxylic acids is 2. The summed E-state index contributed by atoms with van der Waals surface area (Å²) < 4.78 is 122. The van der Waals surface area contributed by atoms with Gasteiger partial charge in [0.05, 0.1) is 16.9 Å². The molecule has 0 heterocycles. The summed E-state index contributed by atoms with van der Waals surface area (Å²) in [6.07, 6.45) is -12.7. The minimum absolute atomic E-state index is 0.00705. The van der Waals surface area contributed by atoms with Crippen LogP contribution in [-0.4, -0.2) is 50.9 Å². The van der Waals surface area contributed by atoms with Gasteiger partial charge in [0.2, 0.25) is 10.0 Å². The van der Waals surface area contributed by atoms with Gasteiger partial charge in [-0.1, -0.05) is 25.1 Å². The summed E-state index contributed by atoms with van der Waals surface area (Å²) in [6.45, 7) is 3.78. The van der Waals surface area contributed by atoms with Crippen LogP contribution >= 0.6 is 22.6 Å². The molecule has 216 valence electrons. The van der Waals surface area contributed by atoms with Crippen molar-refractivity contribution in [2.24, 2.45) is 5.73 Å². The van der Waals surface area contributed by atoms with Crippen molar-refractivity contribution in [2.45, 2.75) is 44.8 Å². The van der Waals surface area contributed by atoms with E-state index >= 15 is 0 Å². The van der Waals surface area contributed by atoms with E-state index in [4.69, 9.17) is 5.73 Å². The van der Waals surface area contributed by atoms with Crippen LogP contribution in [0, 0.1) is 10.5 Å². The molecule has 3 N–H and O–H groups in total. The number of nitrogens with two attached hydrogens (primary N) is 1. The number of aryl methyl sites for hydroxylation is 1. The Kier molecular flexibility index (Phi) is 9.71. The van der Waals surface area contributed by atoms with E-state index in [-0.39, 0.29) is 39.1 Å². The molecule has 2 aromatic rings. The molecule has 2 amide bonds. The number of carbonyl (C=O) groups is 2. The molecule has 2 rings (SSSR count). The van der Waals surface area contributed by atoms with Gasteiger partial charge in [-0.05, 0) is 60.2 Å². The van der Waals surface area contributed by atoms with Crippen LogP contribution in [-0.2, 0) is 15.7 Å². The van der Waals surface area contributed by atoms with E-state index in [1.165, 1.54) is 32.0 Å². The lowest BCUT2D eigenvalue weighted by atomic mass is 9.92. The third-order valence-corrected chi connectivity index (χ3v) is 8.16. The van der Waals surface area contributed by atoms with E-state index < -0.39 is 62.8 Å². The number of halogens is 8. The lowest BCUT2D eigenvalue weighted by molar-refractivity contribution is -0.348. The van der Waals surface area contributed by atoms with Gasteiger partial charge in [0.25, 0.3) is 11.8 Å². The summed E-state index contributed by atoms with van der Waals surface area (Å²) in [5.41, 5.74) is -3.34. The molecule has 0 aromatic heterocycles. The van der Waals surface area contributed by atoms with Crippen LogP contribution in [0.4, 0.5) is 36.4 Å². The summed E-state index contributed by atoms with van der Waals surface area (Å²) in [7, 11) is -4.01. The van der Waals surface area contributed by atoms with E-state index in [0.29, 0.717) is 6.07 Å². The molecule has 0 bridgehead atoms. The van der Waals surface area contributed by atoms with Gasteiger partial charge in [-0.3, -0.25) is 9.59 Å². The lowest BCUT2D eigenvalue weighted by Crippen LogP contribution is -2.50. The summed E-state index contributed by atoms with van der Waals surface area (Å²) in [6, 6.07) is 3.93. The third-order valence-electron chi connectivity index (χ3n) is 5.61. The second-order valence-corrected chi connectivity index (χ2v) is 11.5. The fraction of sp³-hybridized carbons (Fsp3) is 0.391. The van der Waals surface area contributed by atoms with Crippen LogP contribution in [0.2, 0.25) is 0 Å². The number of alkyl halides is 7. The summed E-state index contributed by atoms with van der Waals surface area (Å²) >= 11 is 1.73.